The van der Waals surface area contributed by atoms with Crippen molar-refractivity contribution >= 4 is 26.6 Å². The van der Waals surface area contributed by atoms with E-state index in [2.05, 4.69) is 4.98 Å². The number of sulfone groups is 1. The second kappa shape index (κ2) is 6.04. The highest BCUT2D eigenvalue weighted by atomic mass is 32.2. The van der Waals surface area contributed by atoms with E-state index in [1.54, 1.807) is 35.8 Å². The van der Waals surface area contributed by atoms with E-state index >= 15 is 0 Å². The van der Waals surface area contributed by atoms with Gasteiger partial charge >= 0.3 is 0 Å². The van der Waals surface area contributed by atoms with Crippen molar-refractivity contribution < 1.29 is 13.3 Å². The summed E-state index contributed by atoms with van der Waals surface area (Å²) >= 11 is 0. The molecule has 0 fully saturated rings. The van der Waals surface area contributed by atoms with Gasteiger partial charge in [0.1, 0.15) is 0 Å². The minimum Gasteiger partial charge on any atom is -0.310 e. The zero-order valence-corrected chi connectivity index (χ0v) is 13.7. The fourth-order valence-corrected chi connectivity index (χ4v) is 3.47. The number of nitro groups is 1. The Kier molecular flexibility index (Phi) is 4.06. The third-order valence-corrected chi connectivity index (χ3v) is 5.39. The summed E-state index contributed by atoms with van der Waals surface area (Å²) in [5.74, 6) is -0.0451. The lowest BCUT2D eigenvalue weighted by molar-refractivity contribution is -0.384. The predicted octanol–water partition coefficient (Wildman–Crippen LogP) is 2.79. The van der Waals surface area contributed by atoms with E-state index < -0.39 is 14.8 Å². The summed E-state index contributed by atoms with van der Waals surface area (Å²) in [6.07, 6.45) is 0. The van der Waals surface area contributed by atoms with Crippen molar-refractivity contribution in [3.8, 4) is 0 Å². The molecule has 0 aliphatic rings. The Bertz CT molecular complexity index is 1010. The fourth-order valence-electron chi connectivity index (χ4n) is 2.48. The zero-order valence-electron chi connectivity index (χ0n) is 12.9. The van der Waals surface area contributed by atoms with Gasteiger partial charge in [0, 0.05) is 12.1 Å². The number of imidazole rings is 1. The molecule has 0 saturated heterocycles. The Morgan fingerprint density at radius 1 is 1.12 bits per heavy atom. The Morgan fingerprint density at radius 3 is 2.42 bits per heavy atom. The molecule has 0 N–H and O–H groups in total. The summed E-state index contributed by atoms with van der Waals surface area (Å²) < 4.78 is 26.3. The van der Waals surface area contributed by atoms with Gasteiger partial charge in [0.2, 0.25) is 15.0 Å². The molecule has 0 radical (unpaired) electrons. The lowest BCUT2D eigenvalue weighted by Gasteiger charge is -2.09. The second-order valence-electron chi connectivity index (χ2n) is 5.30. The SMILES string of the molecule is CCS(=O)(=O)c1nc2ccccc2n1Cc1ccc([N+](=O)[O-])cc1. The maximum Gasteiger partial charge on any atom is 0.269 e. The number of para-hydroxylation sites is 2. The molecule has 8 heteroatoms. The Hall–Kier alpha value is -2.74. The summed E-state index contributed by atoms with van der Waals surface area (Å²) in [5, 5.41) is 10.8. The first-order valence-electron chi connectivity index (χ1n) is 7.33. The molecule has 0 amide bonds. The summed E-state index contributed by atoms with van der Waals surface area (Å²) in [6.45, 7) is 1.85. The minimum absolute atomic E-state index is 0.00403. The molecule has 0 saturated carbocycles. The van der Waals surface area contributed by atoms with E-state index in [4.69, 9.17) is 0 Å². The summed E-state index contributed by atoms with van der Waals surface area (Å²) in [7, 11) is -3.49. The van der Waals surface area contributed by atoms with Crippen molar-refractivity contribution in [1.29, 1.82) is 0 Å². The molecule has 3 aromatic rings. The van der Waals surface area contributed by atoms with Crippen LogP contribution in [0.4, 0.5) is 5.69 Å². The number of nitrogens with zero attached hydrogens (tertiary/aromatic N) is 3. The first-order chi connectivity index (χ1) is 11.4. The van der Waals surface area contributed by atoms with Crippen molar-refractivity contribution in [2.45, 2.75) is 18.6 Å². The zero-order chi connectivity index (χ0) is 17.3. The summed E-state index contributed by atoms with van der Waals surface area (Å²) in [4.78, 5) is 14.5. The first kappa shape index (κ1) is 16.1. The van der Waals surface area contributed by atoms with Crippen LogP contribution >= 0.6 is 0 Å². The van der Waals surface area contributed by atoms with Gasteiger partial charge in [-0.05, 0) is 17.7 Å². The van der Waals surface area contributed by atoms with Crippen LogP contribution in [0.2, 0.25) is 0 Å². The van der Waals surface area contributed by atoms with Crippen molar-refractivity contribution in [2.75, 3.05) is 5.75 Å². The van der Waals surface area contributed by atoms with E-state index in [-0.39, 0.29) is 23.1 Å². The van der Waals surface area contributed by atoms with Gasteiger partial charge < -0.3 is 4.57 Å². The van der Waals surface area contributed by atoms with Crippen molar-refractivity contribution in [3.63, 3.8) is 0 Å². The van der Waals surface area contributed by atoms with E-state index in [1.807, 2.05) is 12.1 Å². The van der Waals surface area contributed by atoms with Gasteiger partial charge in [0.05, 0.1) is 28.3 Å². The average molecular weight is 345 g/mol. The second-order valence-corrected chi connectivity index (χ2v) is 7.47. The number of non-ortho nitro benzene ring substituents is 1. The fraction of sp³-hybridized carbons (Fsp3) is 0.188. The molecule has 0 atom stereocenters. The molecule has 1 aromatic heterocycles. The number of hydrogen-bond acceptors (Lipinski definition) is 5. The van der Waals surface area contributed by atoms with Gasteiger partial charge in [0.25, 0.3) is 5.69 Å². The lowest BCUT2D eigenvalue weighted by Crippen LogP contribution is -2.13. The van der Waals surface area contributed by atoms with Crippen LogP contribution < -0.4 is 0 Å². The van der Waals surface area contributed by atoms with Gasteiger partial charge in [-0.2, -0.15) is 0 Å². The van der Waals surface area contributed by atoms with Gasteiger partial charge in [-0.3, -0.25) is 10.1 Å². The van der Waals surface area contributed by atoms with Crippen LogP contribution in [0, 0.1) is 10.1 Å². The number of nitro benzene ring substituents is 1. The quantitative estimate of drug-likeness (QED) is 0.523. The minimum atomic E-state index is -3.49. The Morgan fingerprint density at radius 2 is 1.79 bits per heavy atom. The normalized spacial score (nSPS) is 11.7. The standard InChI is InChI=1S/C16H15N3O4S/c1-2-24(22,23)16-17-14-5-3-4-6-15(14)18(16)11-12-7-9-13(10-8-12)19(20)21/h3-10H,2,11H2,1H3. The molecule has 124 valence electrons. The van der Waals surface area contributed by atoms with Crippen LogP contribution in [0.25, 0.3) is 11.0 Å². The molecular formula is C16H15N3O4S. The highest BCUT2D eigenvalue weighted by molar-refractivity contribution is 7.91. The third kappa shape index (κ3) is 2.88. The molecule has 3 rings (SSSR count). The van der Waals surface area contributed by atoms with Crippen LogP contribution in [0.1, 0.15) is 12.5 Å². The maximum atomic E-state index is 12.4. The lowest BCUT2D eigenvalue weighted by atomic mass is 10.2. The van der Waals surface area contributed by atoms with Crippen molar-refractivity contribution in [1.82, 2.24) is 9.55 Å². The van der Waals surface area contributed by atoms with E-state index in [0.29, 0.717) is 11.0 Å². The Balaban J connectivity index is 2.10. The van der Waals surface area contributed by atoms with Crippen molar-refractivity contribution in [2.24, 2.45) is 0 Å². The van der Waals surface area contributed by atoms with E-state index in [1.165, 1.54) is 12.1 Å². The molecule has 0 spiro atoms. The summed E-state index contributed by atoms with van der Waals surface area (Å²) in [5.41, 5.74) is 2.07. The van der Waals surface area contributed by atoms with Crippen LogP contribution in [-0.2, 0) is 16.4 Å². The smallest absolute Gasteiger partial charge is 0.269 e. The molecule has 0 aliphatic carbocycles. The topological polar surface area (TPSA) is 95.1 Å². The molecule has 0 aliphatic heterocycles. The highest BCUT2D eigenvalue weighted by Crippen LogP contribution is 2.22. The molecule has 1 heterocycles. The molecule has 2 aromatic carbocycles. The van der Waals surface area contributed by atoms with Gasteiger partial charge in [-0.25, -0.2) is 13.4 Å². The van der Waals surface area contributed by atoms with Crippen LogP contribution in [0.15, 0.2) is 53.7 Å². The van der Waals surface area contributed by atoms with Gasteiger partial charge in [-0.1, -0.05) is 31.2 Å². The van der Waals surface area contributed by atoms with Gasteiger partial charge in [0.15, 0.2) is 0 Å². The van der Waals surface area contributed by atoms with Gasteiger partial charge in [-0.15, -0.1) is 0 Å². The average Bonchev–Trinajstić information content (AvgIpc) is 2.95. The van der Waals surface area contributed by atoms with E-state index in [0.717, 1.165) is 5.56 Å². The van der Waals surface area contributed by atoms with Crippen LogP contribution in [0.3, 0.4) is 0 Å². The number of fused-ring (bicyclic) bond motifs is 1. The number of hydrogen-bond donors (Lipinski definition) is 0. The first-order valence-corrected chi connectivity index (χ1v) is 8.99. The molecule has 7 nitrogen and oxygen atoms in total. The molecule has 24 heavy (non-hydrogen) atoms. The molecular weight excluding hydrogens is 330 g/mol. The monoisotopic (exact) mass is 345 g/mol. The molecule has 0 unspecified atom stereocenters. The largest absolute Gasteiger partial charge is 0.310 e. The highest BCUT2D eigenvalue weighted by Gasteiger charge is 2.22. The van der Waals surface area contributed by atoms with Crippen LogP contribution in [-0.4, -0.2) is 28.6 Å². The van der Waals surface area contributed by atoms with E-state index in [9.17, 15) is 18.5 Å². The molecule has 0 bridgehead atoms. The predicted molar refractivity (Wildman–Crippen MR) is 89.7 cm³/mol. The van der Waals surface area contributed by atoms with Crippen molar-refractivity contribution in [3.05, 3.63) is 64.2 Å². The maximum absolute atomic E-state index is 12.4. The number of benzene rings is 2. The number of rotatable bonds is 5. The summed E-state index contributed by atoms with van der Waals surface area (Å²) in [6, 6.07) is 13.2. The number of aromatic nitrogens is 2. The third-order valence-electron chi connectivity index (χ3n) is 3.77. The Labute approximate surface area is 138 Å². The van der Waals surface area contributed by atoms with Crippen LogP contribution in [0.5, 0.6) is 0 Å².